The molecule has 1 rings (SSSR count). The van der Waals surface area contributed by atoms with E-state index in [1.54, 1.807) is 4.68 Å². The van der Waals surface area contributed by atoms with Crippen LogP contribution < -0.4 is 5.73 Å². The van der Waals surface area contributed by atoms with E-state index in [0.29, 0.717) is 12.8 Å². The fourth-order valence-corrected chi connectivity index (χ4v) is 1.63. The molecule has 0 radical (unpaired) electrons. The Hall–Kier alpha value is -1.01. The van der Waals surface area contributed by atoms with Crippen LogP contribution in [-0.4, -0.2) is 35.5 Å². The van der Waals surface area contributed by atoms with Gasteiger partial charge in [-0.25, -0.2) is 8.78 Å². The van der Waals surface area contributed by atoms with E-state index in [4.69, 9.17) is 10.5 Å². The lowest BCUT2D eigenvalue weighted by Crippen LogP contribution is -2.26. The average molecular weight is 247 g/mol. The van der Waals surface area contributed by atoms with Crippen molar-refractivity contribution >= 4 is 0 Å². The Balaban J connectivity index is 2.25. The summed E-state index contributed by atoms with van der Waals surface area (Å²) in [5.74, 6) is 0. The number of nitrogens with two attached hydrogens (primary N) is 1. The number of hydrogen-bond acceptors (Lipinski definition) is 3. The normalized spacial score (nSPS) is 13.3. The van der Waals surface area contributed by atoms with E-state index in [2.05, 4.69) is 5.10 Å². The summed E-state index contributed by atoms with van der Waals surface area (Å²) in [6.45, 7) is 1.67. The number of aryl methyl sites for hydroxylation is 2. The van der Waals surface area contributed by atoms with Crippen LogP contribution in [0.15, 0.2) is 6.07 Å². The molecule has 2 N–H and O–H groups in total. The Morgan fingerprint density at radius 2 is 2.24 bits per heavy atom. The van der Waals surface area contributed by atoms with Gasteiger partial charge in [-0.1, -0.05) is 0 Å². The highest BCUT2D eigenvalue weighted by Gasteiger charge is 2.09. The van der Waals surface area contributed by atoms with Gasteiger partial charge in [-0.05, 0) is 19.4 Å². The molecule has 1 aromatic heterocycles. The lowest BCUT2D eigenvalue weighted by molar-refractivity contribution is 0.0152. The molecule has 1 heterocycles. The van der Waals surface area contributed by atoms with Crippen LogP contribution in [0.1, 0.15) is 17.8 Å². The zero-order valence-corrected chi connectivity index (χ0v) is 10.2. The molecule has 0 aliphatic rings. The summed E-state index contributed by atoms with van der Waals surface area (Å²) in [5, 5.41) is 4.21. The highest BCUT2D eigenvalue weighted by Crippen LogP contribution is 2.06. The fourth-order valence-electron chi connectivity index (χ4n) is 1.63. The first-order valence-electron chi connectivity index (χ1n) is 5.60. The Bertz CT molecular complexity index is 341. The lowest BCUT2D eigenvalue weighted by atomic mass is 10.1. The van der Waals surface area contributed by atoms with Gasteiger partial charge in [0.05, 0.1) is 5.69 Å². The predicted molar refractivity (Wildman–Crippen MR) is 61.1 cm³/mol. The molecule has 0 saturated carbocycles. The highest BCUT2D eigenvalue weighted by molar-refractivity contribution is 5.09. The van der Waals surface area contributed by atoms with E-state index in [-0.39, 0.29) is 12.6 Å². The molecule has 0 aliphatic carbocycles. The van der Waals surface area contributed by atoms with Gasteiger partial charge in [0, 0.05) is 31.8 Å². The summed E-state index contributed by atoms with van der Waals surface area (Å²) >= 11 is 0. The topological polar surface area (TPSA) is 53.1 Å². The SMILES string of the molecule is Cc1cc(CC(N)CCOCC(F)F)n(C)n1. The van der Waals surface area contributed by atoms with Crippen LogP contribution in [0.25, 0.3) is 0 Å². The number of rotatable bonds is 7. The standard InChI is InChI=1S/C11H19F2N3O/c1-8-5-10(16(2)15-8)6-9(14)3-4-17-7-11(12)13/h5,9,11H,3-4,6-7,14H2,1-2H3. The van der Waals surface area contributed by atoms with Crippen LogP contribution in [-0.2, 0) is 18.2 Å². The molecule has 0 fully saturated rings. The predicted octanol–water partition coefficient (Wildman–Crippen LogP) is 1.27. The van der Waals surface area contributed by atoms with Crippen molar-refractivity contribution in [1.82, 2.24) is 9.78 Å². The molecule has 0 bridgehead atoms. The van der Waals surface area contributed by atoms with Gasteiger partial charge in [0.25, 0.3) is 6.43 Å². The van der Waals surface area contributed by atoms with Crippen molar-refractivity contribution in [3.63, 3.8) is 0 Å². The van der Waals surface area contributed by atoms with Crippen LogP contribution in [0, 0.1) is 6.92 Å². The summed E-state index contributed by atoms with van der Waals surface area (Å²) in [6.07, 6.45) is -1.17. The number of halogens is 2. The van der Waals surface area contributed by atoms with E-state index < -0.39 is 13.0 Å². The van der Waals surface area contributed by atoms with Crippen LogP contribution in [0.4, 0.5) is 8.78 Å². The molecule has 0 saturated heterocycles. The van der Waals surface area contributed by atoms with Crippen molar-refractivity contribution in [3.8, 4) is 0 Å². The third-order valence-corrected chi connectivity index (χ3v) is 2.45. The molecule has 1 atom stereocenters. The molecule has 0 amide bonds. The first-order chi connectivity index (χ1) is 7.99. The molecule has 0 aromatic carbocycles. The maximum atomic E-state index is 11.8. The summed E-state index contributed by atoms with van der Waals surface area (Å²) in [7, 11) is 1.86. The lowest BCUT2D eigenvalue weighted by Gasteiger charge is -2.11. The summed E-state index contributed by atoms with van der Waals surface area (Å²) in [4.78, 5) is 0. The maximum absolute atomic E-state index is 11.8. The molecule has 0 spiro atoms. The minimum absolute atomic E-state index is 0.0949. The Kier molecular flexibility index (Phi) is 5.50. The van der Waals surface area contributed by atoms with Gasteiger partial charge < -0.3 is 10.5 Å². The largest absolute Gasteiger partial charge is 0.375 e. The highest BCUT2D eigenvalue weighted by atomic mass is 19.3. The van der Waals surface area contributed by atoms with E-state index in [1.807, 2.05) is 20.0 Å². The van der Waals surface area contributed by atoms with Crippen molar-refractivity contribution in [2.24, 2.45) is 12.8 Å². The summed E-state index contributed by atoms with van der Waals surface area (Å²) in [6, 6.07) is 1.88. The number of hydrogen-bond donors (Lipinski definition) is 1. The van der Waals surface area contributed by atoms with E-state index >= 15 is 0 Å². The summed E-state index contributed by atoms with van der Waals surface area (Å²) < 4.78 is 30.2. The fraction of sp³-hybridized carbons (Fsp3) is 0.727. The van der Waals surface area contributed by atoms with Crippen LogP contribution in [0.2, 0.25) is 0 Å². The summed E-state index contributed by atoms with van der Waals surface area (Å²) in [5.41, 5.74) is 7.89. The third kappa shape index (κ3) is 5.23. The van der Waals surface area contributed by atoms with Gasteiger partial charge in [0.15, 0.2) is 0 Å². The van der Waals surface area contributed by atoms with Gasteiger partial charge in [-0.15, -0.1) is 0 Å². The third-order valence-electron chi connectivity index (χ3n) is 2.45. The molecule has 98 valence electrons. The van der Waals surface area contributed by atoms with E-state index in [9.17, 15) is 8.78 Å². The zero-order chi connectivity index (χ0) is 12.8. The van der Waals surface area contributed by atoms with Gasteiger partial charge in [0.2, 0.25) is 0 Å². The first kappa shape index (κ1) is 14.1. The van der Waals surface area contributed by atoms with Gasteiger partial charge >= 0.3 is 0 Å². The van der Waals surface area contributed by atoms with Crippen molar-refractivity contribution in [1.29, 1.82) is 0 Å². The molecule has 1 aromatic rings. The zero-order valence-electron chi connectivity index (χ0n) is 10.2. The smallest absolute Gasteiger partial charge is 0.261 e. The molecule has 6 heteroatoms. The molecular weight excluding hydrogens is 228 g/mol. The van der Waals surface area contributed by atoms with Crippen molar-refractivity contribution in [3.05, 3.63) is 17.5 Å². The molecule has 0 aliphatic heterocycles. The number of nitrogens with zero attached hydrogens (tertiary/aromatic N) is 2. The number of ether oxygens (including phenoxy) is 1. The molecule has 17 heavy (non-hydrogen) atoms. The van der Waals surface area contributed by atoms with E-state index in [0.717, 1.165) is 11.4 Å². The Morgan fingerprint density at radius 3 is 2.76 bits per heavy atom. The number of alkyl halides is 2. The van der Waals surface area contributed by atoms with E-state index in [1.165, 1.54) is 0 Å². The van der Waals surface area contributed by atoms with Gasteiger partial charge in [-0.3, -0.25) is 4.68 Å². The monoisotopic (exact) mass is 247 g/mol. The first-order valence-corrected chi connectivity index (χ1v) is 5.60. The maximum Gasteiger partial charge on any atom is 0.261 e. The van der Waals surface area contributed by atoms with Crippen LogP contribution in [0.5, 0.6) is 0 Å². The van der Waals surface area contributed by atoms with Gasteiger partial charge in [0.1, 0.15) is 6.61 Å². The Morgan fingerprint density at radius 1 is 1.53 bits per heavy atom. The average Bonchev–Trinajstić information content (AvgIpc) is 2.52. The number of aromatic nitrogens is 2. The van der Waals surface area contributed by atoms with Crippen molar-refractivity contribution in [2.45, 2.75) is 32.2 Å². The minimum Gasteiger partial charge on any atom is -0.375 e. The second kappa shape index (κ2) is 6.66. The second-order valence-corrected chi connectivity index (χ2v) is 4.12. The van der Waals surface area contributed by atoms with Gasteiger partial charge in [-0.2, -0.15) is 5.10 Å². The molecule has 4 nitrogen and oxygen atoms in total. The van der Waals surface area contributed by atoms with Crippen LogP contribution in [0.3, 0.4) is 0 Å². The molecule has 1 unspecified atom stereocenters. The Labute approximate surface area is 99.7 Å². The van der Waals surface area contributed by atoms with Crippen LogP contribution >= 0.6 is 0 Å². The minimum atomic E-state index is -2.41. The second-order valence-electron chi connectivity index (χ2n) is 4.12. The molecular formula is C11H19F2N3O. The van der Waals surface area contributed by atoms with Crippen molar-refractivity contribution < 1.29 is 13.5 Å². The van der Waals surface area contributed by atoms with Crippen molar-refractivity contribution in [2.75, 3.05) is 13.2 Å². The quantitative estimate of drug-likeness (QED) is 0.738.